The molecule has 19 heavy (non-hydrogen) atoms. The fourth-order valence-electron chi connectivity index (χ4n) is 1.36. The summed E-state index contributed by atoms with van der Waals surface area (Å²) in [7, 11) is 0. The number of carbonyl (C=O) groups is 3. The third kappa shape index (κ3) is 5.53. The second-order valence-electron chi connectivity index (χ2n) is 3.83. The Morgan fingerprint density at radius 3 is 2.26 bits per heavy atom. The minimum absolute atomic E-state index is 0.209. The molecular weight excluding hydrogens is 250 g/mol. The van der Waals surface area contributed by atoms with Crippen LogP contribution < -0.4 is 16.4 Å². The first-order chi connectivity index (χ1) is 8.99. The van der Waals surface area contributed by atoms with E-state index in [9.17, 15) is 14.4 Å². The number of primary amides is 1. The van der Waals surface area contributed by atoms with Gasteiger partial charge in [0.2, 0.25) is 5.91 Å². The maximum atomic E-state index is 11.2. The van der Waals surface area contributed by atoms with Crippen LogP contribution in [0.25, 0.3) is 0 Å². The maximum Gasteiger partial charge on any atom is 0.335 e. The average Bonchev–Trinajstić information content (AvgIpc) is 2.37. The highest BCUT2D eigenvalue weighted by Gasteiger charge is 2.03. The van der Waals surface area contributed by atoms with Crippen molar-refractivity contribution in [2.45, 2.75) is 6.42 Å². The summed E-state index contributed by atoms with van der Waals surface area (Å²) in [6.07, 6.45) is 0.559. The molecule has 102 valence electrons. The van der Waals surface area contributed by atoms with Crippen molar-refractivity contribution >= 4 is 17.9 Å². The number of aromatic carboxylic acids is 1. The van der Waals surface area contributed by atoms with Gasteiger partial charge in [0.25, 0.3) is 0 Å². The molecule has 0 aromatic heterocycles. The Kier molecular flexibility index (Phi) is 5.34. The number of nitrogens with two attached hydrogens (primary N) is 1. The summed E-state index contributed by atoms with van der Waals surface area (Å²) >= 11 is 0. The zero-order valence-corrected chi connectivity index (χ0v) is 10.2. The molecule has 7 nitrogen and oxygen atoms in total. The number of carbonyl (C=O) groups excluding carboxylic acids is 2. The van der Waals surface area contributed by atoms with Crippen molar-refractivity contribution < 1.29 is 19.5 Å². The molecule has 0 radical (unpaired) electrons. The fraction of sp³-hybridized carbons (Fsp3) is 0.250. The van der Waals surface area contributed by atoms with Crippen LogP contribution in [0.3, 0.4) is 0 Å². The van der Waals surface area contributed by atoms with Crippen molar-refractivity contribution in [2.24, 2.45) is 5.73 Å². The molecule has 0 aliphatic carbocycles. The second kappa shape index (κ2) is 7.00. The summed E-state index contributed by atoms with van der Waals surface area (Å²) in [6.45, 7) is 0.163. The predicted octanol–water partition coefficient (Wildman–Crippen LogP) is -0.288. The highest BCUT2D eigenvalue weighted by Crippen LogP contribution is 2.04. The molecule has 0 saturated heterocycles. The first-order valence-electron chi connectivity index (χ1n) is 5.61. The maximum absolute atomic E-state index is 11.2. The Balaban J connectivity index is 2.31. The second-order valence-corrected chi connectivity index (χ2v) is 3.83. The number of amides is 3. The van der Waals surface area contributed by atoms with Crippen molar-refractivity contribution in [3.8, 4) is 0 Å². The lowest BCUT2D eigenvalue weighted by molar-refractivity contribution is -0.117. The number of carboxylic acid groups (broad SMARTS) is 1. The molecular formula is C12H15N3O4. The van der Waals surface area contributed by atoms with Crippen LogP contribution in [0.4, 0.5) is 4.79 Å². The van der Waals surface area contributed by atoms with E-state index in [0.29, 0.717) is 13.0 Å². The molecule has 0 spiro atoms. The number of hydrogen-bond donors (Lipinski definition) is 4. The molecule has 0 bridgehead atoms. The van der Waals surface area contributed by atoms with Gasteiger partial charge in [0.1, 0.15) is 0 Å². The molecule has 1 aromatic carbocycles. The molecule has 0 unspecified atom stereocenters. The fourth-order valence-corrected chi connectivity index (χ4v) is 1.36. The largest absolute Gasteiger partial charge is 0.478 e. The molecule has 3 amide bonds. The number of benzene rings is 1. The van der Waals surface area contributed by atoms with E-state index in [0.717, 1.165) is 5.56 Å². The van der Waals surface area contributed by atoms with E-state index < -0.39 is 17.9 Å². The van der Waals surface area contributed by atoms with Crippen LogP contribution in [0, 0.1) is 0 Å². The minimum atomic E-state index is -0.976. The third-order valence-corrected chi connectivity index (χ3v) is 2.32. The zero-order chi connectivity index (χ0) is 14.3. The Bertz CT molecular complexity index is 470. The van der Waals surface area contributed by atoms with Crippen LogP contribution in [-0.2, 0) is 11.2 Å². The zero-order valence-electron chi connectivity index (χ0n) is 10.2. The van der Waals surface area contributed by atoms with E-state index in [1.807, 2.05) is 0 Å². The smallest absolute Gasteiger partial charge is 0.335 e. The molecule has 0 fully saturated rings. The summed E-state index contributed by atoms with van der Waals surface area (Å²) in [5.74, 6) is -1.59. The Labute approximate surface area is 109 Å². The predicted molar refractivity (Wildman–Crippen MR) is 67.7 cm³/mol. The molecule has 0 aliphatic heterocycles. The quantitative estimate of drug-likeness (QED) is 0.564. The van der Waals surface area contributed by atoms with Gasteiger partial charge in [-0.1, -0.05) is 12.1 Å². The molecule has 0 saturated carbocycles. The molecule has 1 aromatic rings. The van der Waals surface area contributed by atoms with Crippen LogP contribution >= 0.6 is 0 Å². The molecule has 0 aliphatic rings. The van der Waals surface area contributed by atoms with Crippen LogP contribution in [0.2, 0.25) is 0 Å². The van der Waals surface area contributed by atoms with Gasteiger partial charge in [-0.15, -0.1) is 0 Å². The van der Waals surface area contributed by atoms with E-state index >= 15 is 0 Å². The Hall–Kier alpha value is -2.57. The number of urea groups is 1. The van der Waals surface area contributed by atoms with Gasteiger partial charge in [0.05, 0.1) is 12.1 Å². The monoisotopic (exact) mass is 265 g/mol. The van der Waals surface area contributed by atoms with Gasteiger partial charge in [0.15, 0.2) is 0 Å². The number of rotatable bonds is 6. The molecule has 0 heterocycles. The van der Waals surface area contributed by atoms with Gasteiger partial charge in [0, 0.05) is 6.54 Å². The van der Waals surface area contributed by atoms with Gasteiger partial charge in [-0.3, -0.25) is 4.79 Å². The van der Waals surface area contributed by atoms with Gasteiger partial charge < -0.3 is 21.5 Å². The minimum Gasteiger partial charge on any atom is -0.478 e. The first kappa shape index (κ1) is 14.5. The molecule has 7 heteroatoms. The van der Waals surface area contributed by atoms with Crippen molar-refractivity contribution in [1.29, 1.82) is 0 Å². The molecule has 5 N–H and O–H groups in total. The van der Waals surface area contributed by atoms with Gasteiger partial charge in [-0.05, 0) is 24.1 Å². The number of carboxylic acids is 1. The lowest BCUT2D eigenvalue weighted by Crippen LogP contribution is -2.41. The van der Waals surface area contributed by atoms with E-state index in [1.165, 1.54) is 12.1 Å². The molecule has 0 atom stereocenters. The number of hydrogen-bond acceptors (Lipinski definition) is 3. The highest BCUT2D eigenvalue weighted by molar-refractivity contribution is 5.87. The van der Waals surface area contributed by atoms with Crippen LogP contribution in [-0.4, -0.2) is 36.1 Å². The average molecular weight is 265 g/mol. The van der Waals surface area contributed by atoms with Gasteiger partial charge in [-0.2, -0.15) is 0 Å². The highest BCUT2D eigenvalue weighted by atomic mass is 16.4. The van der Waals surface area contributed by atoms with E-state index in [-0.39, 0.29) is 12.1 Å². The summed E-state index contributed by atoms with van der Waals surface area (Å²) in [5.41, 5.74) is 5.99. The van der Waals surface area contributed by atoms with Crippen molar-refractivity contribution in [3.63, 3.8) is 0 Å². The van der Waals surface area contributed by atoms with Gasteiger partial charge in [-0.25, -0.2) is 9.59 Å². The van der Waals surface area contributed by atoms with E-state index in [2.05, 4.69) is 10.6 Å². The third-order valence-electron chi connectivity index (χ3n) is 2.32. The van der Waals surface area contributed by atoms with Crippen LogP contribution in [0.5, 0.6) is 0 Å². The summed E-state index contributed by atoms with van der Waals surface area (Å²) in [6, 6.07) is 5.91. The summed E-state index contributed by atoms with van der Waals surface area (Å²) < 4.78 is 0. The lowest BCUT2D eigenvalue weighted by atomic mass is 10.1. The van der Waals surface area contributed by atoms with Crippen molar-refractivity contribution in [2.75, 3.05) is 13.1 Å². The summed E-state index contributed by atoms with van der Waals surface area (Å²) in [4.78, 5) is 32.2. The standard InChI is InChI=1S/C12H15N3O4/c13-10(16)7-15-12(19)14-6-5-8-1-3-9(4-2-8)11(17)18/h1-4H,5-7H2,(H2,13,16)(H,17,18)(H2,14,15,19). The van der Waals surface area contributed by atoms with Crippen LogP contribution in [0.1, 0.15) is 15.9 Å². The normalized spacial score (nSPS) is 9.68. The van der Waals surface area contributed by atoms with E-state index in [1.54, 1.807) is 12.1 Å². The topological polar surface area (TPSA) is 122 Å². The Morgan fingerprint density at radius 2 is 1.74 bits per heavy atom. The van der Waals surface area contributed by atoms with Crippen molar-refractivity contribution in [3.05, 3.63) is 35.4 Å². The van der Waals surface area contributed by atoms with E-state index in [4.69, 9.17) is 10.8 Å². The SMILES string of the molecule is NC(=O)CNC(=O)NCCc1ccc(C(=O)O)cc1. The molecule has 1 rings (SSSR count). The Morgan fingerprint density at radius 1 is 1.11 bits per heavy atom. The number of nitrogens with one attached hydrogen (secondary N) is 2. The van der Waals surface area contributed by atoms with Crippen LogP contribution in [0.15, 0.2) is 24.3 Å². The summed E-state index contributed by atoms with van der Waals surface area (Å²) in [5, 5.41) is 13.6. The van der Waals surface area contributed by atoms with Crippen molar-refractivity contribution in [1.82, 2.24) is 10.6 Å². The van der Waals surface area contributed by atoms with Gasteiger partial charge >= 0.3 is 12.0 Å². The first-order valence-corrected chi connectivity index (χ1v) is 5.61. The lowest BCUT2D eigenvalue weighted by Gasteiger charge is -2.06.